The van der Waals surface area contributed by atoms with Gasteiger partial charge < -0.3 is 10.1 Å². The van der Waals surface area contributed by atoms with E-state index in [9.17, 15) is 14.9 Å². The molecule has 0 spiro atoms. The van der Waals surface area contributed by atoms with Crippen LogP contribution in [0, 0.1) is 11.3 Å². The quantitative estimate of drug-likeness (QED) is 0.307. The summed E-state index contributed by atoms with van der Waals surface area (Å²) in [7, 11) is 0. The number of nitriles is 1. The van der Waals surface area contributed by atoms with Crippen LogP contribution in [0.2, 0.25) is 0 Å². The molecule has 1 aromatic carbocycles. The molecule has 2 aliphatic rings. The molecule has 2 aliphatic carbocycles. The van der Waals surface area contributed by atoms with Crippen LogP contribution in [0.3, 0.4) is 0 Å². The number of pyridine rings is 1. The van der Waals surface area contributed by atoms with Crippen LogP contribution in [0.1, 0.15) is 64.5 Å². The predicted molar refractivity (Wildman–Crippen MR) is 143 cm³/mol. The zero-order chi connectivity index (χ0) is 25.1. The molecule has 0 fully saturated rings. The molecule has 0 radical (unpaired) electrons. The van der Waals surface area contributed by atoms with Gasteiger partial charge in [-0.25, -0.2) is 9.78 Å². The van der Waals surface area contributed by atoms with E-state index < -0.39 is 5.97 Å². The fraction of sp³-hybridized carbons (Fsp3) is 0.357. The topological polar surface area (TPSA) is 92.1 Å². The minimum Gasteiger partial charge on any atom is -0.462 e. The number of aryl methyl sites for hydroxylation is 3. The van der Waals surface area contributed by atoms with Gasteiger partial charge in [0.1, 0.15) is 16.1 Å². The normalized spacial score (nSPS) is 13.7. The van der Waals surface area contributed by atoms with Crippen LogP contribution in [-0.2, 0) is 35.2 Å². The van der Waals surface area contributed by atoms with Crippen LogP contribution in [-0.4, -0.2) is 29.2 Å². The van der Waals surface area contributed by atoms with Gasteiger partial charge in [-0.15, -0.1) is 23.1 Å². The number of nitrogens with zero attached hydrogens (tertiary/aromatic N) is 2. The van der Waals surface area contributed by atoms with E-state index in [2.05, 4.69) is 23.5 Å². The maximum absolute atomic E-state index is 12.9. The highest BCUT2D eigenvalue weighted by molar-refractivity contribution is 7.99. The lowest BCUT2D eigenvalue weighted by atomic mass is 9.89. The number of rotatable bonds is 7. The van der Waals surface area contributed by atoms with Crippen molar-refractivity contribution in [3.63, 3.8) is 0 Å². The van der Waals surface area contributed by atoms with Gasteiger partial charge >= 0.3 is 5.97 Å². The number of anilines is 1. The van der Waals surface area contributed by atoms with Gasteiger partial charge in [-0.2, -0.15) is 5.26 Å². The van der Waals surface area contributed by atoms with Crippen LogP contribution in [0.5, 0.6) is 0 Å². The highest BCUT2D eigenvalue weighted by atomic mass is 32.2. The Balaban J connectivity index is 1.32. The average Bonchev–Trinajstić information content (AvgIpc) is 3.26. The molecule has 1 amide bonds. The van der Waals surface area contributed by atoms with E-state index >= 15 is 0 Å². The van der Waals surface area contributed by atoms with Gasteiger partial charge in [0.25, 0.3) is 0 Å². The van der Waals surface area contributed by atoms with Crippen LogP contribution in [0.15, 0.2) is 35.4 Å². The van der Waals surface area contributed by atoms with E-state index in [4.69, 9.17) is 9.72 Å². The third-order valence-corrected chi connectivity index (χ3v) is 8.77. The molecule has 2 aromatic heterocycles. The largest absolute Gasteiger partial charge is 0.462 e. The van der Waals surface area contributed by atoms with E-state index in [1.54, 1.807) is 6.92 Å². The van der Waals surface area contributed by atoms with E-state index in [1.165, 1.54) is 34.2 Å². The first-order chi connectivity index (χ1) is 17.6. The van der Waals surface area contributed by atoms with Crippen LogP contribution in [0.25, 0.3) is 10.4 Å². The predicted octanol–water partition coefficient (Wildman–Crippen LogP) is 5.96. The number of esters is 1. The summed E-state index contributed by atoms with van der Waals surface area (Å²) in [6, 6.07) is 12.4. The molecular formula is C28H27N3O3S2. The number of aromatic nitrogens is 1. The maximum atomic E-state index is 12.9. The summed E-state index contributed by atoms with van der Waals surface area (Å²) in [6.07, 6.45) is 6.01. The minimum atomic E-state index is -0.393. The average molecular weight is 518 g/mol. The molecule has 0 bridgehead atoms. The van der Waals surface area contributed by atoms with Gasteiger partial charge in [-0.1, -0.05) is 24.3 Å². The van der Waals surface area contributed by atoms with Crippen molar-refractivity contribution in [2.24, 2.45) is 0 Å². The van der Waals surface area contributed by atoms with Crippen LogP contribution >= 0.6 is 23.1 Å². The van der Waals surface area contributed by atoms with E-state index in [-0.39, 0.29) is 18.9 Å². The summed E-state index contributed by atoms with van der Waals surface area (Å²) in [4.78, 5) is 31.6. The number of thioether (sulfide) groups is 1. The van der Waals surface area contributed by atoms with Crippen LogP contribution < -0.4 is 5.32 Å². The number of carbonyl (C=O) groups is 2. The monoisotopic (exact) mass is 517 g/mol. The van der Waals surface area contributed by atoms with Crippen molar-refractivity contribution < 1.29 is 14.3 Å². The molecule has 2 heterocycles. The summed E-state index contributed by atoms with van der Waals surface area (Å²) in [5, 5.41) is 13.8. The lowest BCUT2D eigenvalue weighted by Crippen LogP contribution is -2.16. The minimum absolute atomic E-state index is 0.170. The first kappa shape index (κ1) is 24.5. The summed E-state index contributed by atoms with van der Waals surface area (Å²) in [5.74, 6) is -0.0676. The highest BCUT2D eigenvalue weighted by Gasteiger charge is 2.29. The molecule has 1 N–H and O–H groups in total. The van der Waals surface area contributed by atoms with Crippen LogP contribution in [0.4, 0.5) is 5.00 Å². The third kappa shape index (κ3) is 4.91. The molecule has 3 aromatic rings. The van der Waals surface area contributed by atoms with Gasteiger partial charge in [0, 0.05) is 22.7 Å². The third-order valence-electron chi connectivity index (χ3n) is 6.60. The Kier molecular flexibility index (Phi) is 7.40. The molecular weight excluding hydrogens is 490 g/mol. The Hall–Kier alpha value is -3.15. The van der Waals surface area contributed by atoms with Crippen molar-refractivity contribution in [2.75, 3.05) is 17.7 Å². The van der Waals surface area contributed by atoms with Crippen molar-refractivity contribution in [3.8, 4) is 16.5 Å². The number of thiophene rings is 1. The molecule has 0 atom stereocenters. The van der Waals surface area contributed by atoms with E-state index in [0.29, 0.717) is 26.9 Å². The molecule has 8 heteroatoms. The van der Waals surface area contributed by atoms with Gasteiger partial charge in [0.05, 0.1) is 17.7 Å². The Morgan fingerprint density at radius 1 is 1.17 bits per heavy atom. The molecule has 0 aliphatic heterocycles. The van der Waals surface area contributed by atoms with Gasteiger partial charge in [0.2, 0.25) is 5.91 Å². The first-order valence-electron chi connectivity index (χ1n) is 12.4. The summed E-state index contributed by atoms with van der Waals surface area (Å²) in [6.45, 7) is 2.06. The number of hydrogen-bond donors (Lipinski definition) is 1. The smallest absolute Gasteiger partial charge is 0.341 e. The first-order valence-corrected chi connectivity index (χ1v) is 14.2. The SMILES string of the molecule is CCOC(=O)c1c(NC(=O)CCSc2nc3c(cc2C#N)CCCC3)sc2c1CCc1ccccc1-2. The zero-order valence-electron chi connectivity index (χ0n) is 20.2. The van der Waals surface area contributed by atoms with Gasteiger partial charge in [-0.05, 0) is 73.8 Å². The molecule has 6 nitrogen and oxygen atoms in total. The standard InChI is InChI=1S/C28H27N3O3S2/c1-2-34-28(33)24-21-12-11-17-7-3-5-9-20(17)25(21)36-27(24)31-23(32)13-14-35-26-19(16-29)15-18-8-4-6-10-22(18)30-26/h3,5,7,9,15H,2,4,6,8,10-14H2,1H3,(H,31,32). The van der Waals surface area contributed by atoms with E-state index in [1.807, 2.05) is 18.2 Å². The fourth-order valence-corrected chi connectivity index (χ4v) is 7.11. The van der Waals surface area contributed by atoms with Crippen molar-refractivity contribution in [1.29, 1.82) is 5.26 Å². The van der Waals surface area contributed by atoms with Gasteiger partial charge in [-0.3, -0.25) is 4.79 Å². The molecule has 0 unspecified atom stereocenters. The second-order valence-electron chi connectivity index (χ2n) is 8.90. The van der Waals surface area contributed by atoms with Crippen molar-refractivity contribution >= 4 is 40.0 Å². The van der Waals surface area contributed by atoms with Crippen molar-refractivity contribution in [1.82, 2.24) is 4.98 Å². The number of nitrogens with one attached hydrogen (secondary N) is 1. The summed E-state index contributed by atoms with van der Waals surface area (Å²) in [5.41, 5.74) is 6.64. The lowest BCUT2D eigenvalue weighted by molar-refractivity contribution is -0.115. The molecule has 36 heavy (non-hydrogen) atoms. The van der Waals surface area contributed by atoms with E-state index in [0.717, 1.165) is 60.2 Å². The Morgan fingerprint density at radius 3 is 2.83 bits per heavy atom. The number of carbonyl (C=O) groups excluding carboxylic acids is 2. The van der Waals surface area contributed by atoms with Gasteiger partial charge in [0.15, 0.2) is 0 Å². The maximum Gasteiger partial charge on any atom is 0.341 e. The van der Waals surface area contributed by atoms with Crippen molar-refractivity contribution in [2.45, 2.75) is 56.9 Å². The summed E-state index contributed by atoms with van der Waals surface area (Å²) >= 11 is 2.88. The Morgan fingerprint density at radius 2 is 2.00 bits per heavy atom. The number of amides is 1. The number of benzene rings is 1. The highest BCUT2D eigenvalue weighted by Crippen LogP contribution is 2.45. The Labute approximate surface area is 219 Å². The molecule has 0 saturated carbocycles. The zero-order valence-corrected chi connectivity index (χ0v) is 21.8. The molecule has 184 valence electrons. The fourth-order valence-electron chi connectivity index (χ4n) is 4.88. The summed E-state index contributed by atoms with van der Waals surface area (Å²) < 4.78 is 5.35. The number of hydrogen-bond acceptors (Lipinski definition) is 7. The van der Waals surface area contributed by atoms with Crippen molar-refractivity contribution in [3.05, 3.63) is 63.8 Å². The molecule has 0 saturated heterocycles. The molecule has 5 rings (SSSR count). The number of ether oxygens (including phenoxy) is 1. The Bertz CT molecular complexity index is 1370. The lowest BCUT2D eigenvalue weighted by Gasteiger charge is -2.16. The number of fused-ring (bicyclic) bond motifs is 4. The second kappa shape index (κ2) is 10.9. The second-order valence-corrected chi connectivity index (χ2v) is 11.0.